The highest BCUT2D eigenvalue weighted by Crippen LogP contribution is 2.40. The number of carbonyl (C=O) groups excluding carboxylic acids is 2. The van der Waals surface area contributed by atoms with Crippen LogP contribution in [0.15, 0.2) is 36.4 Å². The van der Waals surface area contributed by atoms with Crippen LogP contribution in [-0.4, -0.2) is 52.8 Å². The Labute approximate surface area is 227 Å². The van der Waals surface area contributed by atoms with Crippen molar-refractivity contribution in [3.8, 4) is 0 Å². The van der Waals surface area contributed by atoms with Gasteiger partial charge < -0.3 is 14.7 Å². The molecule has 2 aliphatic heterocycles. The van der Waals surface area contributed by atoms with E-state index < -0.39 is 47.4 Å². The number of hydrogen-bond acceptors (Lipinski definition) is 2. The van der Waals surface area contributed by atoms with E-state index in [1.54, 1.807) is 17.9 Å². The summed E-state index contributed by atoms with van der Waals surface area (Å²) in [7, 11) is 1.32. The average molecular weight is 574 g/mol. The standard InChI is InChI=1S/C28H30F7N3O2/c1-16-11-21(29)6-7-23(16)24-15-22(37-9-4-5-25(37)39)8-10-38(24)26(40)36(3)17(2)18-12-19(27(30,31)32)14-20(13-18)28(33,34)35/h6-7,11-14,17,22,24H,4-5,8-10,15H2,1-3H3/t17?,22-,24+/m0/s1. The second kappa shape index (κ2) is 10.9. The number of urea groups is 1. The van der Waals surface area contributed by atoms with Gasteiger partial charge in [-0.1, -0.05) is 6.07 Å². The van der Waals surface area contributed by atoms with Crippen molar-refractivity contribution >= 4 is 11.9 Å². The second-order valence-electron chi connectivity index (χ2n) is 10.5. The third kappa shape index (κ3) is 6.05. The molecule has 3 amide bonds. The highest BCUT2D eigenvalue weighted by Gasteiger charge is 2.41. The first-order valence-corrected chi connectivity index (χ1v) is 13.0. The molecule has 1 unspecified atom stereocenters. The lowest BCUT2D eigenvalue weighted by Crippen LogP contribution is -2.52. The highest BCUT2D eigenvalue weighted by atomic mass is 19.4. The fraction of sp³-hybridized carbons (Fsp3) is 0.500. The quantitative estimate of drug-likeness (QED) is 0.366. The Morgan fingerprint density at radius 1 is 1.00 bits per heavy atom. The minimum Gasteiger partial charge on any atom is -0.340 e. The van der Waals surface area contributed by atoms with Crippen molar-refractivity contribution in [1.29, 1.82) is 0 Å². The number of nitrogens with zero attached hydrogens (tertiary/aromatic N) is 3. The van der Waals surface area contributed by atoms with E-state index in [0.29, 0.717) is 49.1 Å². The maximum absolute atomic E-state index is 13.9. The molecular formula is C28H30F7N3O2. The molecule has 2 aromatic carbocycles. The molecule has 4 rings (SSSR count). The fourth-order valence-electron chi connectivity index (χ4n) is 5.63. The lowest BCUT2D eigenvalue weighted by molar-refractivity contribution is -0.143. The molecule has 12 heteroatoms. The lowest BCUT2D eigenvalue weighted by atomic mass is 9.88. The number of piperidine rings is 1. The van der Waals surface area contributed by atoms with Crippen molar-refractivity contribution in [1.82, 2.24) is 14.7 Å². The number of amides is 3. The molecule has 2 fully saturated rings. The third-order valence-electron chi connectivity index (χ3n) is 7.94. The zero-order chi connectivity index (χ0) is 29.6. The van der Waals surface area contributed by atoms with E-state index in [-0.39, 0.29) is 30.1 Å². The summed E-state index contributed by atoms with van der Waals surface area (Å²) in [5.74, 6) is -0.438. The third-order valence-corrected chi connectivity index (χ3v) is 7.94. The molecule has 2 aliphatic rings. The molecule has 0 aromatic heterocycles. The summed E-state index contributed by atoms with van der Waals surface area (Å²) >= 11 is 0. The Morgan fingerprint density at radius 2 is 1.62 bits per heavy atom. The maximum atomic E-state index is 13.9. The van der Waals surface area contributed by atoms with Crippen molar-refractivity contribution < 1.29 is 40.3 Å². The van der Waals surface area contributed by atoms with Crippen LogP contribution in [0.4, 0.5) is 35.5 Å². The monoisotopic (exact) mass is 573 g/mol. The van der Waals surface area contributed by atoms with Crippen molar-refractivity contribution in [2.75, 3.05) is 20.1 Å². The van der Waals surface area contributed by atoms with Gasteiger partial charge in [0.2, 0.25) is 5.91 Å². The molecule has 2 heterocycles. The summed E-state index contributed by atoms with van der Waals surface area (Å²) in [5, 5.41) is 0. The first kappa shape index (κ1) is 29.7. The van der Waals surface area contributed by atoms with Crippen LogP contribution in [-0.2, 0) is 17.1 Å². The molecule has 0 N–H and O–H groups in total. The van der Waals surface area contributed by atoms with E-state index in [1.165, 1.54) is 31.0 Å². The van der Waals surface area contributed by atoms with Gasteiger partial charge in [0.05, 0.1) is 23.2 Å². The van der Waals surface area contributed by atoms with Crippen LogP contribution in [0.25, 0.3) is 0 Å². The Kier molecular flexibility index (Phi) is 8.11. The number of halogens is 7. The fourth-order valence-corrected chi connectivity index (χ4v) is 5.63. The Bertz CT molecular complexity index is 1250. The Balaban J connectivity index is 1.66. The number of benzene rings is 2. The molecule has 2 saturated heterocycles. The number of likely N-dealkylation sites (tertiary alicyclic amines) is 2. The van der Waals surface area contributed by atoms with E-state index in [2.05, 4.69) is 0 Å². The van der Waals surface area contributed by atoms with Crippen LogP contribution < -0.4 is 0 Å². The Morgan fingerprint density at radius 3 is 2.15 bits per heavy atom. The number of aryl methyl sites for hydroxylation is 1. The minimum atomic E-state index is -5.02. The predicted molar refractivity (Wildman–Crippen MR) is 133 cm³/mol. The molecule has 0 spiro atoms. The van der Waals surface area contributed by atoms with Gasteiger partial charge in [0.25, 0.3) is 0 Å². The number of alkyl halides is 6. The van der Waals surface area contributed by atoms with E-state index in [0.717, 1.165) is 11.3 Å². The molecular weight excluding hydrogens is 543 g/mol. The molecule has 3 atom stereocenters. The molecule has 0 aliphatic carbocycles. The highest BCUT2D eigenvalue weighted by molar-refractivity contribution is 5.79. The van der Waals surface area contributed by atoms with Gasteiger partial charge in [-0.2, -0.15) is 26.3 Å². The van der Waals surface area contributed by atoms with Crippen LogP contribution in [0.2, 0.25) is 0 Å². The minimum absolute atomic E-state index is 0.0233. The zero-order valence-corrected chi connectivity index (χ0v) is 22.2. The van der Waals surface area contributed by atoms with Crippen LogP contribution >= 0.6 is 0 Å². The Hall–Kier alpha value is -3.31. The summed E-state index contributed by atoms with van der Waals surface area (Å²) < 4.78 is 94.5. The van der Waals surface area contributed by atoms with Crippen LogP contribution in [0.5, 0.6) is 0 Å². The smallest absolute Gasteiger partial charge is 0.340 e. The summed E-state index contributed by atoms with van der Waals surface area (Å²) in [6, 6.07) is 2.98. The molecule has 218 valence electrons. The van der Waals surface area contributed by atoms with Gasteiger partial charge in [-0.25, -0.2) is 9.18 Å². The van der Waals surface area contributed by atoms with Gasteiger partial charge in [-0.05, 0) is 80.1 Å². The molecule has 0 saturated carbocycles. The summed E-state index contributed by atoms with van der Waals surface area (Å²) in [6.07, 6.45) is -8.03. The molecule has 5 nitrogen and oxygen atoms in total. The maximum Gasteiger partial charge on any atom is 0.416 e. The van der Waals surface area contributed by atoms with Gasteiger partial charge in [-0.3, -0.25) is 4.79 Å². The van der Waals surface area contributed by atoms with E-state index in [9.17, 15) is 40.3 Å². The summed E-state index contributed by atoms with van der Waals surface area (Å²) in [4.78, 5) is 30.6. The normalized spacial score (nSPS) is 21.1. The van der Waals surface area contributed by atoms with E-state index >= 15 is 0 Å². The zero-order valence-electron chi connectivity index (χ0n) is 22.2. The number of hydrogen-bond donors (Lipinski definition) is 0. The van der Waals surface area contributed by atoms with Gasteiger partial charge in [-0.15, -0.1) is 0 Å². The van der Waals surface area contributed by atoms with E-state index in [4.69, 9.17) is 0 Å². The predicted octanol–water partition coefficient (Wildman–Crippen LogP) is 7.11. The van der Waals surface area contributed by atoms with Gasteiger partial charge in [0, 0.05) is 32.6 Å². The second-order valence-corrected chi connectivity index (χ2v) is 10.5. The molecule has 40 heavy (non-hydrogen) atoms. The van der Waals surface area contributed by atoms with Crippen molar-refractivity contribution in [2.24, 2.45) is 0 Å². The van der Waals surface area contributed by atoms with Crippen LogP contribution in [0.1, 0.15) is 72.5 Å². The molecule has 2 aromatic rings. The first-order valence-electron chi connectivity index (χ1n) is 13.0. The van der Waals surface area contributed by atoms with Gasteiger partial charge in [0.1, 0.15) is 5.82 Å². The SMILES string of the molecule is Cc1cc(F)ccc1[C@H]1C[C@@H](N2CCCC2=O)CCN1C(=O)N(C)C(C)c1cc(C(F)(F)F)cc(C(F)(F)F)c1. The molecule has 0 radical (unpaired) electrons. The van der Waals surface area contributed by atoms with Crippen LogP contribution in [0, 0.1) is 12.7 Å². The topological polar surface area (TPSA) is 43.9 Å². The van der Waals surface area contributed by atoms with Crippen molar-refractivity contribution in [2.45, 2.75) is 70.0 Å². The summed E-state index contributed by atoms with van der Waals surface area (Å²) in [6.45, 7) is 3.85. The molecule has 0 bridgehead atoms. The number of rotatable bonds is 4. The summed E-state index contributed by atoms with van der Waals surface area (Å²) in [5.41, 5.74) is -1.99. The first-order chi connectivity index (χ1) is 18.6. The van der Waals surface area contributed by atoms with Gasteiger partial charge >= 0.3 is 18.4 Å². The largest absolute Gasteiger partial charge is 0.416 e. The van der Waals surface area contributed by atoms with E-state index in [1.807, 2.05) is 0 Å². The van der Waals surface area contributed by atoms with Crippen molar-refractivity contribution in [3.05, 3.63) is 70.0 Å². The number of carbonyl (C=O) groups is 2. The van der Waals surface area contributed by atoms with Crippen molar-refractivity contribution in [3.63, 3.8) is 0 Å². The lowest BCUT2D eigenvalue weighted by Gasteiger charge is -2.45. The van der Waals surface area contributed by atoms with Crippen LogP contribution in [0.3, 0.4) is 0 Å². The van der Waals surface area contributed by atoms with Gasteiger partial charge in [0.15, 0.2) is 0 Å². The average Bonchev–Trinajstić information content (AvgIpc) is 3.31.